The number of anilines is 1. The monoisotopic (exact) mass is 319 g/mol. The molecule has 118 valence electrons. The lowest BCUT2D eigenvalue weighted by molar-refractivity contribution is 0.309. The molecule has 0 bridgehead atoms. The van der Waals surface area contributed by atoms with Gasteiger partial charge in [0.2, 0.25) is 10.0 Å². The maximum absolute atomic E-state index is 13.7. The van der Waals surface area contributed by atoms with Crippen LogP contribution in [-0.2, 0) is 10.0 Å². The van der Waals surface area contributed by atoms with E-state index in [2.05, 4.69) is 4.90 Å². The van der Waals surface area contributed by atoms with Gasteiger partial charge in [-0.1, -0.05) is 0 Å². The number of halogens is 2. The summed E-state index contributed by atoms with van der Waals surface area (Å²) in [4.78, 5) is 1.42. The number of nitrogen functional groups attached to an aromatic ring is 1. The summed E-state index contributed by atoms with van der Waals surface area (Å²) < 4.78 is 52.7. The number of hydrogen-bond acceptors (Lipinski definition) is 4. The molecule has 8 heteroatoms. The Hall–Kier alpha value is -1.25. The Bertz CT molecular complexity index is 616. The van der Waals surface area contributed by atoms with E-state index in [1.807, 2.05) is 0 Å². The Balaban J connectivity index is 2.16. The minimum atomic E-state index is -4.09. The van der Waals surface area contributed by atoms with Crippen LogP contribution in [0.3, 0.4) is 0 Å². The molecular weight excluding hydrogens is 300 g/mol. The summed E-state index contributed by atoms with van der Waals surface area (Å²) in [6, 6.07) is 1.71. The molecular formula is C13H19F2N3O2S. The van der Waals surface area contributed by atoms with Crippen LogP contribution in [0.4, 0.5) is 14.5 Å². The summed E-state index contributed by atoms with van der Waals surface area (Å²) in [5.74, 6) is -2.65. The first kappa shape index (κ1) is 16.1. The lowest BCUT2D eigenvalue weighted by Crippen LogP contribution is -2.35. The number of benzene rings is 1. The number of likely N-dealkylation sites (tertiary alicyclic amines) is 1. The van der Waals surface area contributed by atoms with Gasteiger partial charge in [-0.25, -0.2) is 17.2 Å². The second kappa shape index (κ2) is 6.25. The van der Waals surface area contributed by atoms with Crippen LogP contribution in [0.15, 0.2) is 17.0 Å². The van der Waals surface area contributed by atoms with Crippen LogP contribution in [0.5, 0.6) is 0 Å². The number of rotatable bonds is 5. The molecule has 0 unspecified atom stereocenters. The zero-order chi connectivity index (χ0) is 15.6. The molecule has 0 saturated carbocycles. The average molecular weight is 319 g/mol. The topological polar surface area (TPSA) is 66.6 Å². The van der Waals surface area contributed by atoms with Crippen LogP contribution in [0.1, 0.15) is 12.8 Å². The second-order valence-electron chi connectivity index (χ2n) is 5.19. The highest BCUT2D eigenvalue weighted by Crippen LogP contribution is 2.23. The molecule has 0 aliphatic carbocycles. The molecule has 5 nitrogen and oxygen atoms in total. The molecule has 0 spiro atoms. The maximum Gasteiger partial charge on any atom is 0.245 e. The summed E-state index contributed by atoms with van der Waals surface area (Å²) >= 11 is 0. The van der Waals surface area contributed by atoms with Gasteiger partial charge in [-0.3, -0.25) is 0 Å². The normalized spacial score (nSPS) is 16.8. The quantitative estimate of drug-likeness (QED) is 0.830. The first-order valence-corrected chi connectivity index (χ1v) is 8.19. The van der Waals surface area contributed by atoms with Gasteiger partial charge in [0, 0.05) is 25.8 Å². The zero-order valence-electron chi connectivity index (χ0n) is 11.8. The predicted octanol–water partition coefficient (Wildman–Crippen LogP) is 1.26. The number of sulfonamides is 1. The molecule has 0 amide bonds. The molecule has 1 aliphatic rings. The number of hydrogen-bond donors (Lipinski definition) is 1. The number of nitrogens with two attached hydrogens (primary N) is 1. The predicted molar refractivity (Wildman–Crippen MR) is 76.3 cm³/mol. The minimum Gasteiger partial charge on any atom is -0.399 e. The molecule has 21 heavy (non-hydrogen) atoms. The van der Waals surface area contributed by atoms with Gasteiger partial charge in [-0.05, 0) is 38.1 Å². The molecule has 1 fully saturated rings. The van der Waals surface area contributed by atoms with Crippen molar-refractivity contribution < 1.29 is 17.2 Å². The smallest absolute Gasteiger partial charge is 0.245 e. The molecule has 1 aromatic carbocycles. The highest BCUT2D eigenvalue weighted by atomic mass is 32.2. The van der Waals surface area contributed by atoms with Crippen LogP contribution in [0.25, 0.3) is 0 Å². The van der Waals surface area contributed by atoms with Gasteiger partial charge in [-0.15, -0.1) is 0 Å². The summed E-state index contributed by atoms with van der Waals surface area (Å²) in [5.41, 5.74) is 5.28. The molecule has 0 atom stereocenters. The molecule has 1 aromatic rings. The Morgan fingerprint density at radius 1 is 1.29 bits per heavy atom. The Kier molecular flexibility index (Phi) is 4.80. The molecule has 0 aromatic heterocycles. The molecule has 2 rings (SSSR count). The lowest BCUT2D eigenvalue weighted by Gasteiger charge is -2.21. The average Bonchev–Trinajstić information content (AvgIpc) is 2.93. The van der Waals surface area contributed by atoms with Crippen LogP contribution in [0, 0.1) is 11.6 Å². The van der Waals surface area contributed by atoms with E-state index in [1.54, 1.807) is 0 Å². The first-order valence-electron chi connectivity index (χ1n) is 6.75. The molecule has 1 heterocycles. The van der Waals surface area contributed by atoms with Gasteiger partial charge in [0.1, 0.15) is 4.90 Å². The van der Waals surface area contributed by atoms with Crippen molar-refractivity contribution in [3.63, 3.8) is 0 Å². The van der Waals surface area contributed by atoms with Gasteiger partial charge in [0.15, 0.2) is 11.6 Å². The van der Waals surface area contributed by atoms with Crippen LogP contribution in [-0.4, -0.2) is 50.8 Å². The molecule has 1 saturated heterocycles. The van der Waals surface area contributed by atoms with Gasteiger partial charge >= 0.3 is 0 Å². The van der Waals surface area contributed by atoms with Gasteiger partial charge < -0.3 is 10.6 Å². The number of nitrogens with zero attached hydrogens (tertiary/aromatic N) is 2. The Labute approximate surface area is 123 Å². The van der Waals surface area contributed by atoms with Crippen LogP contribution < -0.4 is 5.73 Å². The van der Waals surface area contributed by atoms with E-state index in [1.165, 1.54) is 7.05 Å². The third-order valence-electron chi connectivity index (χ3n) is 3.64. The standard InChI is InChI=1S/C13H19F2N3O2S/c1-17(6-7-18-4-2-3-5-18)21(19,20)12-9-10(16)8-11(14)13(12)15/h8-9H,2-7,16H2,1H3. The van der Waals surface area contributed by atoms with E-state index in [9.17, 15) is 17.2 Å². The largest absolute Gasteiger partial charge is 0.399 e. The summed E-state index contributed by atoms with van der Waals surface area (Å²) in [6.45, 7) is 2.67. The Morgan fingerprint density at radius 2 is 1.90 bits per heavy atom. The van der Waals surface area contributed by atoms with Gasteiger partial charge in [0.25, 0.3) is 0 Å². The van der Waals surface area contributed by atoms with Crippen molar-refractivity contribution in [3.05, 3.63) is 23.8 Å². The van der Waals surface area contributed by atoms with E-state index in [-0.39, 0.29) is 12.2 Å². The fourth-order valence-electron chi connectivity index (χ4n) is 2.35. The van der Waals surface area contributed by atoms with E-state index >= 15 is 0 Å². The third kappa shape index (κ3) is 3.50. The van der Waals surface area contributed by atoms with Crippen molar-refractivity contribution in [2.75, 3.05) is 39.0 Å². The highest BCUT2D eigenvalue weighted by Gasteiger charge is 2.27. The molecule has 1 aliphatic heterocycles. The third-order valence-corrected chi connectivity index (χ3v) is 5.49. The molecule has 0 radical (unpaired) electrons. The van der Waals surface area contributed by atoms with Crippen molar-refractivity contribution in [1.82, 2.24) is 9.21 Å². The lowest BCUT2D eigenvalue weighted by atomic mass is 10.3. The zero-order valence-corrected chi connectivity index (χ0v) is 12.7. The van der Waals surface area contributed by atoms with Crippen molar-refractivity contribution in [3.8, 4) is 0 Å². The SMILES string of the molecule is CN(CCN1CCCC1)S(=O)(=O)c1cc(N)cc(F)c1F. The maximum atomic E-state index is 13.7. The summed E-state index contributed by atoms with van der Waals surface area (Å²) in [6.07, 6.45) is 2.21. The van der Waals surface area contributed by atoms with E-state index in [4.69, 9.17) is 5.73 Å². The van der Waals surface area contributed by atoms with Crippen molar-refractivity contribution in [2.45, 2.75) is 17.7 Å². The first-order chi connectivity index (χ1) is 9.82. The van der Waals surface area contributed by atoms with E-state index in [0.29, 0.717) is 6.54 Å². The van der Waals surface area contributed by atoms with Crippen molar-refractivity contribution in [2.24, 2.45) is 0 Å². The highest BCUT2D eigenvalue weighted by molar-refractivity contribution is 7.89. The van der Waals surface area contributed by atoms with Crippen LogP contribution in [0.2, 0.25) is 0 Å². The summed E-state index contributed by atoms with van der Waals surface area (Å²) in [7, 11) is -2.74. The number of likely N-dealkylation sites (N-methyl/N-ethyl adjacent to an activating group) is 1. The molecule has 2 N–H and O–H groups in total. The minimum absolute atomic E-state index is 0.125. The van der Waals surface area contributed by atoms with E-state index in [0.717, 1.165) is 42.4 Å². The van der Waals surface area contributed by atoms with Crippen molar-refractivity contribution in [1.29, 1.82) is 0 Å². The van der Waals surface area contributed by atoms with E-state index < -0.39 is 26.6 Å². The van der Waals surface area contributed by atoms with Gasteiger partial charge in [-0.2, -0.15) is 4.31 Å². The van der Waals surface area contributed by atoms with Gasteiger partial charge in [0.05, 0.1) is 0 Å². The Morgan fingerprint density at radius 3 is 2.52 bits per heavy atom. The fourth-order valence-corrected chi connectivity index (χ4v) is 3.61. The van der Waals surface area contributed by atoms with Crippen molar-refractivity contribution >= 4 is 15.7 Å². The van der Waals surface area contributed by atoms with Crippen LogP contribution >= 0.6 is 0 Å². The second-order valence-corrected chi connectivity index (χ2v) is 7.20. The summed E-state index contributed by atoms with van der Waals surface area (Å²) in [5, 5.41) is 0. The fraction of sp³-hybridized carbons (Fsp3) is 0.538.